The fourth-order valence-electron chi connectivity index (χ4n) is 2.74. The van der Waals surface area contributed by atoms with E-state index in [1.165, 1.54) is 12.8 Å². The molecule has 0 aliphatic carbocycles. The number of nitrogens with one attached hydrogen (secondary N) is 2. The van der Waals surface area contributed by atoms with Crippen LogP contribution in [0.5, 0.6) is 0 Å². The second kappa shape index (κ2) is 5.46. The maximum Gasteiger partial charge on any atom is 0.178 e. The molecular weight excluding hydrogens is 300 g/mol. The van der Waals surface area contributed by atoms with Crippen molar-refractivity contribution >= 4 is 40.0 Å². The Hall–Kier alpha value is -2.34. The highest BCUT2D eigenvalue weighted by Gasteiger charge is 2.17. The number of pyridine rings is 2. The maximum absolute atomic E-state index is 6.38. The van der Waals surface area contributed by atoms with Gasteiger partial charge in [0.2, 0.25) is 0 Å². The third-order valence-corrected chi connectivity index (χ3v) is 4.09. The van der Waals surface area contributed by atoms with Crippen molar-refractivity contribution in [3.63, 3.8) is 0 Å². The molecule has 6 nitrogen and oxygen atoms in total. The highest BCUT2D eigenvalue weighted by atomic mass is 35.5. The second-order valence-corrected chi connectivity index (χ2v) is 5.73. The maximum atomic E-state index is 6.38. The minimum Gasteiger partial charge on any atom is -0.355 e. The lowest BCUT2D eigenvalue weighted by atomic mass is 10.3. The third-order valence-electron chi connectivity index (χ3n) is 3.81. The van der Waals surface area contributed by atoms with E-state index in [0.717, 1.165) is 35.6 Å². The lowest BCUT2D eigenvalue weighted by molar-refractivity contribution is 0.938. The first-order valence-corrected chi connectivity index (χ1v) is 7.66. The van der Waals surface area contributed by atoms with Gasteiger partial charge in [-0.05, 0) is 31.0 Å². The Balaban J connectivity index is 1.62. The molecule has 1 aliphatic rings. The van der Waals surface area contributed by atoms with Crippen LogP contribution in [0.3, 0.4) is 0 Å². The topological polar surface area (TPSA) is 69.7 Å². The molecular formula is C15H15ClN6. The zero-order valence-corrected chi connectivity index (χ0v) is 12.6. The van der Waals surface area contributed by atoms with Crippen molar-refractivity contribution in [2.45, 2.75) is 12.8 Å². The Morgan fingerprint density at radius 3 is 2.91 bits per heavy atom. The van der Waals surface area contributed by atoms with Gasteiger partial charge in [0, 0.05) is 19.3 Å². The van der Waals surface area contributed by atoms with Crippen LogP contribution < -0.4 is 10.2 Å². The molecule has 0 spiro atoms. The van der Waals surface area contributed by atoms with Gasteiger partial charge in [0.15, 0.2) is 5.82 Å². The number of nitrogens with zero attached hydrogens (tertiary/aromatic N) is 4. The fourth-order valence-corrected chi connectivity index (χ4v) is 3.02. The molecule has 4 heterocycles. The number of hydrogen-bond donors (Lipinski definition) is 2. The van der Waals surface area contributed by atoms with E-state index in [-0.39, 0.29) is 0 Å². The van der Waals surface area contributed by atoms with Crippen LogP contribution in [0.1, 0.15) is 12.8 Å². The number of H-pyrrole nitrogens is 1. The molecule has 3 aromatic rings. The summed E-state index contributed by atoms with van der Waals surface area (Å²) < 4.78 is 0. The number of aromatic nitrogens is 4. The summed E-state index contributed by atoms with van der Waals surface area (Å²) in [4.78, 5) is 11.0. The summed E-state index contributed by atoms with van der Waals surface area (Å²) in [6.45, 7) is 2.04. The monoisotopic (exact) mass is 314 g/mol. The zero-order chi connectivity index (χ0) is 14.9. The van der Waals surface area contributed by atoms with E-state index in [0.29, 0.717) is 10.8 Å². The Morgan fingerprint density at radius 2 is 2.09 bits per heavy atom. The van der Waals surface area contributed by atoms with E-state index >= 15 is 0 Å². The molecule has 7 heteroatoms. The molecule has 1 saturated heterocycles. The van der Waals surface area contributed by atoms with Crippen LogP contribution in [0.2, 0.25) is 5.02 Å². The molecule has 1 fully saturated rings. The van der Waals surface area contributed by atoms with Gasteiger partial charge in [-0.3, -0.25) is 10.1 Å². The molecule has 0 saturated carbocycles. The first kappa shape index (κ1) is 13.3. The molecule has 0 aromatic carbocycles. The van der Waals surface area contributed by atoms with Crippen LogP contribution >= 0.6 is 11.6 Å². The summed E-state index contributed by atoms with van der Waals surface area (Å²) in [6, 6.07) is 5.68. The average molecular weight is 315 g/mol. The Morgan fingerprint density at radius 1 is 1.23 bits per heavy atom. The van der Waals surface area contributed by atoms with Crippen molar-refractivity contribution in [1.29, 1.82) is 0 Å². The van der Waals surface area contributed by atoms with Crippen molar-refractivity contribution in [3.8, 4) is 0 Å². The minimum absolute atomic E-state index is 0.653. The van der Waals surface area contributed by atoms with Crippen molar-refractivity contribution in [3.05, 3.63) is 35.6 Å². The lowest BCUT2D eigenvalue weighted by Crippen LogP contribution is -2.19. The van der Waals surface area contributed by atoms with Gasteiger partial charge in [0.05, 0.1) is 22.4 Å². The number of aromatic amines is 1. The minimum atomic E-state index is 0.653. The number of fused-ring (bicyclic) bond motifs is 1. The second-order valence-electron chi connectivity index (χ2n) is 5.32. The van der Waals surface area contributed by atoms with Gasteiger partial charge in [0.1, 0.15) is 11.3 Å². The smallest absolute Gasteiger partial charge is 0.178 e. The molecule has 0 atom stereocenters. The van der Waals surface area contributed by atoms with Crippen LogP contribution in [0.4, 0.5) is 17.3 Å². The standard InChI is InChI=1S/C15H15ClN6/c16-11-8-10(9-18-15(11)22-6-1-2-7-22)19-14-13-12(20-21-14)4-3-5-17-13/h3-5,8-9H,1-2,6-7H2,(H2,19,20,21). The summed E-state index contributed by atoms with van der Waals surface area (Å²) in [5, 5.41) is 11.1. The SMILES string of the molecule is Clc1cc(Nc2n[nH]c3cccnc23)cnc1N1CCCC1. The summed E-state index contributed by atoms with van der Waals surface area (Å²) in [6.07, 6.45) is 5.92. The number of anilines is 3. The average Bonchev–Trinajstić information content (AvgIpc) is 3.18. The first-order chi connectivity index (χ1) is 10.8. The normalized spacial score (nSPS) is 14.7. The molecule has 2 N–H and O–H groups in total. The lowest BCUT2D eigenvalue weighted by Gasteiger charge is -2.18. The highest BCUT2D eigenvalue weighted by molar-refractivity contribution is 6.33. The molecule has 0 radical (unpaired) electrons. The Labute approximate surface area is 132 Å². The van der Waals surface area contributed by atoms with E-state index in [1.807, 2.05) is 18.2 Å². The summed E-state index contributed by atoms with van der Waals surface area (Å²) in [5.74, 6) is 1.53. The van der Waals surface area contributed by atoms with Crippen LogP contribution in [0, 0.1) is 0 Å². The van der Waals surface area contributed by atoms with Gasteiger partial charge < -0.3 is 10.2 Å². The van der Waals surface area contributed by atoms with Crippen LogP contribution in [-0.2, 0) is 0 Å². The van der Waals surface area contributed by atoms with E-state index in [4.69, 9.17) is 11.6 Å². The largest absolute Gasteiger partial charge is 0.355 e. The highest BCUT2D eigenvalue weighted by Crippen LogP contribution is 2.30. The van der Waals surface area contributed by atoms with Crippen LogP contribution in [0.25, 0.3) is 11.0 Å². The Bertz CT molecular complexity index is 809. The molecule has 0 unspecified atom stereocenters. The molecule has 4 rings (SSSR count). The summed E-state index contributed by atoms with van der Waals surface area (Å²) >= 11 is 6.38. The van der Waals surface area contributed by atoms with Crippen molar-refractivity contribution < 1.29 is 0 Å². The van der Waals surface area contributed by atoms with Gasteiger partial charge in [-0.15, -0.1) is 0 Å². The first-order valence-electron chi connectivity index (χ1n) is 7.28. The van der Waals surface area contributed by atoms with Gasteiger partial charge in [-0.25, -0.2) is 4.98 Å². The quantitative estimate of drug-likeness (QED) is 0.776. The van der Waals surface area contributed by atoms with Gasteiger partial charge in [-0.2, -0.15) is 5.10 Å². The summed E-state index contributed by atoms with van der Waals surface area (Å²) in [5.41, 5.74) is 2.48. The number of halogens is 1. The van der Waals surface area contributed by atoms with Crippen molar-refractivity contribution in [2.24, 2.45) is 0 Å². The number of hydrogen-bond acceptors (Lipinski definition) is 5. The molecule has 0 bridgehead atoms. The molecule has 1 aliphatic heterocycles. The van der Waals surface area contributed by atoms with Crippen LogP contribution in [0.15, 0.2) is 30.6 Å². The van der Waals surface area contributed by atoms with Gasteiger partial charge in [-0.1, -0.05) is 11.6 Å². The molecule has 112 valence electrons. The molecule has 0 amide bonds. The van der Waals surface area contributed by atoms with E-state index in [2.05, 4.69) is 30.4 Å². The number of rotatable bonds is 3. The van der Waals surface area contributed by atoms with E-state index in [9.17, 15) is 0 Å². The van der Waals surface area contributed by atoms with E-state index in [1.54, 1.807) is 12.4 Å². The Kier molecular flexibility index (Phi) is 3.31. The van der Waals surface area contributed by atoms with Gasteiger partial charge in [0.25, 0.3) is 0 Å². The van der Waals surface area contributed by atoms with Crippen molar-refractivity contribution in [2.75, 3.05) is 23.3 Å². The van der Waals surface area contributed by atoms with Crippen molar-refractivity contribution in [1.82, 2.24) is 20.2 Å². The predicted octanol–water partition coefficient (Wildman–Crippen LogP) is 3.35. The summed E-state index contributed by atoms with van der Waals surface area (Å²) in [7, 11) is 0. The zero-order valence-electron chi connectivity index (χ0n) is 11.9. The van der Waals surface area contributed by atoms with Gasteiger partial charge >= 0.3 is 0 Å². The third kappa shape index (κ3) is 2.35. The van der Waals surface area contributed by atoms with E-state index < -0.39 is 0 Å². The molecule has 3 aromatic heterocycles. The molecule has 22 heavy (non-hydrogen) atoms. The fraction of sp³-hybridized carbons (Fsp3) is 0.267. The van der Waals surface area contributed by atoms with Crippen LogP contribution in [-0.4, -0.2) is 33.3 Å². The predicted molar refractivity (Wildman–Crippen MR) is 87.9 cm³/mol.